The molecule has 3 aromatic rings. The summed E-state index contributed by atoms with van der Waals surface area (Å²) in [7, 11) is 1.56. The normalized spacial score (nSPS) is 12.9. The van der Waals surface area contributed by atoms with Crippen molar-refractivity contribution in [3.63, 3.8) is 0 Å². The van der Waals surface area contributed by atoms with E-state index in [2.05, 4.69) is 17.4 Å². The quantitative estimate of drug-likeness (QED) is 0.478. The second kappa shape index (κ2) is 10.4. The summed E-state index contributed by atoms with van der Waals surface area (Å²) in [5.74, 6) is -1.49. The maximum Gasteiger partial charge on any atom is 0.407 e. The molecule has 0 heterocycles. The molecule has 1 atom stereocenters. The van der Waals surface area contributed by atoms with Gasteiger partial charge in [0.15, 0.2) is 0 Å². The van der Waals surface area contributed by atoms with Crippen LogP contribution < -0.4 is 10.2 Å². The number of rotatable bonds is 8. The van der Waals surface area contributed by atoms with Gasteiger partial charge in [-0.05, 0) is 46.9 Å². The molecule has 7 heteroatoms. The third-order valence-electron chi connectivity index (χ3n) is 6.32. The molecule has 4 rings (SSSR count). The van der Waals surface area contributed by atoms with E-state index < -0.39 is 18.1 Å². The van der Waals surface area contributed by atoms with Crippen LogP contribution in [0, 0.1) is 0 Å². The molecule has 0 radical (unpaired) electrons. The van der Waals surface area contributed by atoms with E-state index in [0.717, 1.165) is 22.3 Å². The summed E-state index contributed by atoms with van der Waals surface area (Å²) in [5.41, 5.74) is 5.02. The molecule has 0 unspecified atom stereocenters. The second-order valence-corrected chi connectivity index (χ2v) is 8.56. The van der Waals surface area contributed by atoms with Gasteiger partial charge in [0.2, 0.25) is 5.91 Å². The predicted molar refractivity (Wildman–Crippen MR) is 134 cm³/mol. The zero-order chi connectivity index (χ0) is 24.9. The first kappa shape index (κ1) is 24.0. The fourth-order valence-corrected chi connectivity index (χ4v) is 4.54. The van der Waals surface area contributed by atoms with E-state index in [1.807, 2.05) is 43.3 Å². The lowest BCUT2D eigenvalue weighted by Crippen LogP contribution is -2.47. The number of amides is 2. The average Bonchev–Trinajstić information content (AvgIpc) is 3.20. The summed E-state index contributed by atoms with van der Waals surface area (Å²) in [5, 5.41) is 11.9. The van der Waals surface area contributed by atoms with Crippen LogP contribution in [0.25, 0.3) is 11.1 Å². The number of carbonyl (C=O) groups excluding carboxylic acids is 2. The van der Waals surface area contributed by atoms with Crippen molar-refractivity contribution in [2.24, 2.45) is 0 Å². The summed E-state index contributed by atoms with van der Waals surface area (Å²) >= 11 is 0. The van der Waals surface area contributed by atoms with Gasteiger partial charge < -0.3 is 20.1 Å². The number of fused-ring (bicyclic) bond motifs is 3. The Morgan fingerprint density at radius 2 is 1.60 bits per heavy atom. The van der Waals surface area contributed by atoms with Gasteiger partial charge in [-0.3, -0.25) is 4.79 Å². The number of hydrogen-bond acceptors (Lipinski definition) is 4. The van der Waals surface area contributed by atoms with Crippen LogP contribution in [0.5, 0.6) is 0 Å². The summed E-state index contributed by atoms with van der Waals surface area (Å²) in [6, 6.07) is 21.5. The molecule has 35 heavy (non-hydrogen) atoms. The second-order valence-electron chi connectivity index (χ2n) is 8.56. The number of carboxylic acids is 1. The van der Waals surface area contributed by atoms with E-state index >= 15 is 0 Å². The van der Waals surface area contributed by atoms with Gasteiger partial charge in [0.1, 0.15) is 12.6 Å². The van der Waals surface area contributed by atoms with Crippen molar-refractivity contribution >= 4 is 23.7 Å². The van der Waals surface area contributed by atoms with Gasteiger partial charge >= 0.3 is 12.1 Å². The number of aromatic carboxylic acids is 1. The van der Waals surface area contributed by atoms with Crippen LogP contribution in [-0.2, 0) is 9.53 Å². The lowest BCUT2D eigenvalue weighted by Gasteiger charge is -2.25. The van der Waals surface area contributed by atoms with Crippen LogP contribution in [0.1, 0.15) is 47.2 Å². The van der Waals surface area contributed by atoms with Crippen LogP contribution in [0.4, 0.5) is 10.5 Å². The first-order chi connectivity index (χ1) is 16.9. The van der Waals surface area contributed by atoms with E-state index in [1.165, 1.54) is 17.0 Å². The number of alkyl carbamates (subject to hydrolysis) is 1. The third kappa shape index (κ3) is 5.04. The topological polar surface area (TPSA) is 95.9 Å². The van der Waals surface area contributed by atoms with E-state index in [1.54, 1.807) is 19.2 Å². The largest absolute Gasteiger partial charge is 0.478 e. The maximum absolute atomic E-state index is 13.1. The first-order valence-electron chi connectivity index (χ1n) is 11.6. The van der Waals surface area contributed by atoms with Gasteiger partial charge in [-0.2, -0.15) is 0 Å². The fourth-order valence-electron chi connectivity index (χ4n) is 4.54. The Balaban J connectivity index is 1.44. The highest BCUT2D eigenvalue weighted by Crippen LogP contribution is 2.44. The lowest BCUT2D eigenvalue weighted by atomic mass is 9.98. The Labute approximate surface area is 204 Å². The fraction of sp³-hybridized carbons (Fsp3) is 0.250. The Kier molecular flexibility index (Phi) is 7.15. The average molecular weight is 473 g/mol. The predicted octanol–water partition coefficient (Wildman–Crippen LogP) is 5.06. The maximum atomic E-state index is 13.1. The molecule has 3 aromatic carbocycles. The SMILES string of the molecule is CCC[C@@H](NC(=O)OCC1c2ccccc2-c2ccccc21)C(=O)N(C)c1cccc(C(=O)O)c1. The first-order valence-corrected chi connectivity index (χ1v) is 11.6. The van der Waals surface area contributed by atoms with Gasteiger partial charge in [-0.15, -0.1) is 0 Å². The molecule has 0 aliphatic heterocycles. The van der Waals surface area contributed by atoms with E-state index in [-0.39, 0.29) is 24.0 Å². The Morgan fingerprint density at radius 1 is 0.971 bits per heavy atom. The molecule has 1 aliphatic rings. The smallest absolute Gasteiger partial charge is 0.407 e. The molecule has 2 N–H and O–H groups in total. The van der Waals surface area contributed by atoms with Gasteiger partial charge in [0.25, 0.3) is 0 Å². The molecular weight excluding hydrogens is 444 g/mol. The molecule has 0 saturated heterocycles. The molecule has 0 aromatic heterocycles. The van der Waals surface area contributed by atoms with Crippen molar-refractivity contribution < 1.29 is 24.2 Å². The molecule has 0 saturated carbocycles. The number of anilines is 1. The minimum Gasteiger partial charge on any atom is -0.478 e. The minimum atomic E-state index is -1.07. The van der Waals surface area contributed by atoms with Crippen LogP contribution in [-0.4, -0.2) is 42.8 Å². The van der Waals surface area contributed by atoms with Crippen molar-refractivity contribution in [3.8, 4) is 11.1 Å². The Bertz CT molecular complexity index is 1210. The summed E-state index contributed by atoms with van der Waals surface area (Å²) in [6.45, 7) is 2.08. The van der Waals surface area contributed by atoms with Gasteiger partial charge in [-0.1, -0.05) is 67.9 Å². The molecule has 1 aliphatic carbocycles. The van der Waals surface area contributed by atoms with E-state index in [0.29, 0.717) is 18.5 Å². The minimum absolute atomic E-state index is 0.0742. The van der Waals surface area contributed by atoms with E-state index in [9.17, 15) is 19.5 Å². The van der Waals surface area contributed by atoms with Crippen molar-refractivity contribution in [3.05, 3.63) is 89.5 Å². The molecule has 7 nitrogen and oxygen atoms in total. The molecule has 0 spiro atoms. The van der Waals surface area contributed by atoms with Crippen molar-refractivity contribution in [1.29, 1.82) is 0 Å². The highest BCUT2D eigenvalue weighted by atomic mass is 16.5. The summed E-state index contributed by atoms with van der Waals surface area (Å²) in [4.78, 5) is 38.5. The number of likely N-dealkylation sites (N-methyl/N-ethyl adjacent to an activating group) is 1. The molecule has 2 amide bonds. The van der Waals surface area contributed by atoms with Crippen molar-refractivity contribution in [1.82, 2.24) is 5.32 Å². The Hall–Kier alpha value is -4.13. The molecule has 0 bridgehead atoms. The monoisotopic (exact) mass is 472 g/mol. The summed E-state index contributed by atoms with van der Waals surface area (Å²) < 4.78 is 5.60. The number of benzene rings is 3. The van der Waals surface area contributed by atoms with Crippen LogP contribution >= 0.6 is 0 Å². The van der Waals surface area contributed by atoms with Gasteiger partial charge in [0.05, 0.1) is 5.56 Å². The van der Waals surface area contributed by atoms with Gasteiger partial charge in [-0.25, -0.2) is 9.59 Å². The number of carbonyl (C=O) groups is 3. The zero-order valence-electron chi connectivity index (χ0n) is 19.7. The highest BCUT2D eigenvalue weighted by Gasteiger charge is 2.30. The zero-order valence-corrected chi connectivity index (χ0v) is 19.7. The van der Waals surface area contributed by atoms with Gasteiger partial charge in [0, 0.05) is 18.7 Å². The number of hydrogen-bond donors (Lipinski definition) is 2. The van der Waals surface area contributed by atoms with Crippen molar-refractivity contribution in [2.75, 3.05) is 18.6 Å². The number of ether oxygens (including phenoxy) is 1. The number of nitrogens with zero attached hydrogens (tertiary/aromatic N) is 1. The number of nitrogens with one attached hydrogen (secondary N) is 1. The third-order valence-corrected chi connectivity index (χ3v) is 6.32. The Morgan fingerprint density at radius 3 is 2.20 bits per heavy atom. The van der Waals surface area contributed by atoms with Crippen molar-refractivity contribution in [2.45, 2.75) is 31.7 Å². The summed E-state index contributed by atoms with van der Waals surface area (Å²) in [6.07, 6.45) is 0.432. The van der Waals surface area contributed by atoms with E-state index in [4.69, 9.17) is 4.74 Å². The lowest BCUT2D eigenvalue weighted by molar-refractivity contribution is -0.120. The molecule has 180 valence electrons. The molecule has 0 fully saturated rings. The number of carboxylic acid groups (broad SMARTS) is 1. The molecular formula is C28H28N2O5. The standard InChI is InChI=1S/C28H28N2O5/c1-3-9-25(26(31)30(2)19-11-8-10-18(16-19)27(32)33)29-28(34)35-17-24-22-14-6-4-12-20(22)21-13-5-7-15-23(21)24/h4-8,10-16,24-25H,3,9,17H2,1-2H3,(H,29,34)(H,32,33)/t25-/m1/s1. The van der Waals surface area contributed by atoms with Crippen LogP contribution in [0.3, 0.4) is 0 Å². The van der Waals surface area contributed by atoms with Crippen LogP contribution in [0.15, 0.2) is 72.8 Å². The van der Waals surface area contributed by atoms with Crippen LogP contribution in [0.2, 0.25) is 0 Å². The highest BCUT2D eigenvalue weighted by molar-refractivity contribution is 5.99.